The maximum atomic E-state index is 6.15. The number of pyridine rings is 1. The van der Waals surface area contributed by atoms with Crippen molar-refractivity contribution in [2.24, 2.45) is 5.92 Å². The fraction of sp³-hybridized carbons (Fsp3) is 0.722. The molecule has 0 N–H and O–H groups in total. The van der Waals surface area contributed by atoms with Crippen molar-refractivity contribution in [3.63, 3.8) is 0 Å². The molecule has 2 unspecified atom stereocenters. The Morgan fingerprint density at radius 1 is 1.17 bits per heavy atom. The van der Waals surface area contributed by atoms with Crippen LogP contribution in [0.1, 0.15) is 32.6 Å². The van der Waals surface area contributed by atoms with Crippen molar-refractivity contribution in [3.05, 3.63) is 22.8 Å². The third-order valence-electron chi connectivity index (χ3n) is 5.18. The lowest BCUT2D eigenvalue weighted by molar-refractivity contribution is -0.0141. The summed E-state index contributed by atoms with van der Waals surface area (Å²) in [5.74, 6) is 1.82. The molecule has 0 bridgehead atoms. The number of hydrogen-bond donors (Lipinski definition) is 0. The minimum absolute atomic E-state index is 0.497. The van der Waals surface area contributed by atoms with E-state index < -0.39 is 0 Å². The first-order valence-corrected chi connectivity index (χ1v) is 9.72. The van der Waals surface area contributed by atoms with Gasteiger partial charge >= 0.3 is 0 Å². The van der Waals surface area contributed by atoms with Gasteiger partial charge in [-0.25, -0.2) is 4.98 Å². The van der Waals surface area contributed by atoms with Gasteiger partial charge in [0.05, 0.1) is 12.7 Å². The van der Waals surface area contributed by atoms with Crippen LogP contribution in [0.25, 0.3) is 0 Å². The van der Waals surface area contributed by atoms with Crippen LogP contribution in [0.4, 0.5) is 5.82 Å². The maximum absolute atomic E-state index is 6.15. The molecule has 2 fully saturated rings. The number of anilines is 1. The van der Waals surface area contributed by atoms with Crippen molar-refractivity contribution < 1.29 is 4.74 Å². The lowest BCUT2D eigenvalue weighted by atomic mass is 9.88. The molecule has 0 amide bonds. The summed E-state index contributed by atoms with van der Waals surface area (Å²) in [4.78, 5) is 9.38. The zero-order chi connectivity index (χ0) is 16.1. The van der Waals surface area contributed by atoms with Gasteiger partial charge in [0, 0.05) is 43.4 Å². The molecule has 5 heteroatoms. The zero-order valence-corrected chi connectivity index (χ0v) is 15.7. The Kier molecular flexibility index (Phi) is 6.31. The van der Waals surface area contributed by atoms with Crippen LogP contribution in [0.15, 0.2) is 22.8 Å². The number of hydrogen-bond acceptors (Lipinski definition) is 4. The summed E-state index contributed by atoms with van der Waals surface area (Å²) < 4.78 is 7.19. The number of rotatable bonds is 5. The molecule has 4 nitrogen and oxygen atoms in total. The molecule has 0 radical (unpaired) electrons. The van der Waals surface area contributed by atoms with Gasteiger partial charge in [-0.05, 0) is 46.8 Å². The molecule has 128 valence electrons. The van der Waals surface area contributed by atoms with Crippen LogP contribution in [-0.4, -0.2) is 55.3 Å². The molecule has 3 rings (SSSR count). The van der Waals surface area contributed by atoms with Crippen molar-refractivity contribution in [3.8, 4) is 0 Å². The van der Waals surface area contributed by atoms with E-state index in [1.165, 1.54) is 25.7 Å². The molecule has 2 atom stereocenters. The van der Waals surface area contributed by atoms with Crippen molar-refractivity contribution in [2.45, 2.75) is 38.7 Å². The third-order valence-corrected chi connectivity index (χ3v) is 5.65. The molecule has 0 spiro atoms. The second kappa shape index (κ2) is 8.45. The quantitative estimate of drug-likeness (QED) is 0.779. The van der Waals surface area contributed by atoms with E-state index in [9.17, 15) is 0 Å². The lowest BCUT2D eigenvalue weighted by Crippen LogP contribution is -2.47. The molecule has 2 aliphatic rings. The van der Waals surface area contributed by atoms with Gasteiger partial charge in [0.15, 0.2) is 0 Å². The fourth-order valence-corrected chi connectivity index (χ4v) is 3.85. The topological polar surface area (TPSA) is 28.6 Å². The van der Waals surface area contributed by atoms with Gasteiger partial charge in [0.25, 0.3) is 0 Å². The molecule has 1 aliphatic heterocycles. The minimum Gasteiger partial charge on any atom is -0.377 e. The van der Waals surface area contributed by atoms with E-state index in [1.54, 1.807) is 0 Å². The van der Waals surface area contributed by atoms with Crippen molar-refractivity contribution in [1.82, 2.24) is 9.88 Å². The highest BCUT2D eigenvalue weighted by Crippen LogP contribution is 2.26. The molecule has 1 aromatic heterocycles. The third kappa shape index (κ3) is 4.91. The van der Waals surface area contributed by atoms with Crippen LogP contribution in [0.5, 0.6) is 0 Å². The SMILES string of the molecule is CC1CCCCC1OCCN1CCN(c2ccc(Br)cn2)CC1. The summed E-state index contributed by atoms with van der Waals surface area (Å²) in [7, 11) is 0. The molecule has 1 saturated heterocycles. The average molecular weight is 382 g/mol. The highest BCUT2D eigenvalue weighted by molar-refractivity contribution is 9.10. The van der Waals surface area contributed by atoms with Crippen LogP contribution < -0.4 is 4.90 Å². The lowest BCUT2D eigenvalue weighted by Gasteiger charge is -2.36. The summed E-state index contributed by atoms with van der Waals surface area (Å²) >= 11 is 3.44. The number of halogens is 1. The van der Waals surface area contributed by atoms with Crippen molar-refractivity contribution >= 4 is 21.7 Å². The highest BCUT2D eigenvalue weighted by Gasteiger charge is 2.22. The standard InChI is InChI=1S/C18H28BrN3O/c1-15-4-2-3-5-17(15)23-13-12-21-8-10-22(11-9-21)18-7-6-16(19)14-20-18/h6-7,14-15,17H,2-5,8-13H2,1H3. The Bertz CT molecular complexity index is 474. The summed E-state index contributed by atoms with van der Waals surface area (Å²) in [6, 6.07) is 4.15. The molecule has 1 aromatic rings. The number of piperazine rings is 1. The molecule has 23 heavy (non-hydrogen) atoms. The van der Waals surface area contributed by atoms with Gasteiger partial charge < -0.3 is 9.64 Å². The van der Waals surface area contributed by atoms with E-state index in [4.69, 9.17) is 4.74 Å². The average Bonchev–Trinajstić information content (AvgIpc) is 2.58. The van der Waals surface area contributed by atoms with E-state index in [2.05, 4.69) is 49.8 Å². The molecule has 1 saturated carbocycles. The molecular formula is C18H28BrN3O. The maximum Gasteiger partial charge on any atom is 0.128 e. The largest absolute Gasteiger partial charge is 0.377 e. The Hall–Kier alpha value is -0.650. The van der Waals surface area contributed by atoms with E-state index in [-0.39, 0.29) is 0 Å². The second-order valence-corrected chi connectivity index (χ2v) is 7.75. The first-order valence-electron chi connectivity index (χ1n) is 8.93. The number of ether oxygens (including phenoxy) is 1. The van der Waals surface area contributed by atoms with Gasteiger partial charge in [-0.1, -0.05) is 19.8 Å². The first-order chi connectivity index (χ1) is 11.2. The highest BCUT2D eigenvalue weighted by atomic mass is 79.9. The number of nitrogens with zero attached hydrogens (tertiary/aromatic N) is 3. The van der Waals surface area contributed by atoms with Gasteiger partial charge in [0.2, 0.25) is 0 Å². The van der Waals surface area contributed by atoms with Crippen LogP contribution in [-0.2, 0) is 4.74 Å². The smallest absolute Gasteiger partial charge is 0.128 e. The first kappa shape index (κ1) is 17.2. The zero-order valence-electron chi connectivity index (χ0n) is 14.1. The van der Waals surface area contributed by atoms with E-state index in [0.717, 1.165) is 55.5 Å². The molecular weight excluding hydrogens is 354 g/mol. The predicted octanol–water partition coefficient (Wildman–Crippen LogP) is 3.56. The van der Waals surface area contributed by atoms with E-state index >= 15 is 0 Å². The van der Waals surface area contributed by atoms with Crippen LogP contribution in [0, 0.1) is 5.92 Å². The molecule has 1 aliphatic carbocycles. The van der Waals surface area contributed by atoms with Gasteiger partial charge in [-0.2, -0.15) is 0 Å². The normalized spacial score (nSPS) is 26.4. The van der Waals surface area contributed by atoms with Crippen LogP contribution in [0.2, 0.25) is 0 Å². The predicted molar refractivity (Wildman–Crippen MR) is 98.0 cm³/mol. The summed E-state index contributed by atoms with van der Waals surface area (Å²) in [5, 5.41) is 0. The van der Waals surface area contributed by atoms with Gasteiger partial charge in [-0.15, -0.1) is 0 Å². The van der Waals surface area contributed by atoms with Crippen molar-refractivity contribution in [2.75, 3.05) is 44.2 Å². The molecule has 0 aromatic carbocycles. The van der Waals surface area contributed by atoms with Gasteiger partial charge in [-0.3, -0.25) is 4.90 Å². The van der Waals surface area contributed by atoms with Gasteiger partial charge in [0.1, 0.15) is 5.82 Å². The molecule has 2 heterocycles. The number of aromatic nitrogens is 1. The summed E-state index contributed by atoms with van der Waals surface area (Å²) in [6.45, 7) is 8.58. The van der Waals surface area contributed by atoms with Crippen LogP contribution in [0.3, 0.4) is 0 Å². The second-order valence-electron chi connectivity index (χ2n) is 6.83. The Morgan fingerprint density at radius 3 is 2.65 bits per heavy atom. The van der Waals surface area contributed by atoms with E-state index in [0.29, 0.717) is 6.10 Å². The summed E-state index contributed by atoms with van der Waals surface area (Å²) in [5.41, 5.74) is 0. The Balaban J connectivity index is 1.37. The van der Waals surface area contributed by atoms with Crippen molar-refractivity contribution in [1.29, 1.82) is 0 Å². The summed E-state index contributed by atoms with van der Waals surface area (Å²) in [6.07, 6.45) is 7.69. The van der Waals surface area contributed by atoms with E-state index in [1.807, 2.05) is 6.20 Å². The minimum atomic E-state index is 0.497. The Labute approximate surface area is 148 Å². The monoisotopic (exact) mass is 381 g/mol. The Morgan fingerprint density at radius 2 is 1.96 bits per heavy atom. The van der Waals surface area contributed by atoms with Crippen LogP contribution >= 0.6 is 15.9 Å². The fourth-order valence-electron chi connectivity index (χ4n) is 3.62.